The fraction of sp³-hybridized carbons (Fsp3) is 0.625. The van der Waals surface area contributed by atoms with Gasteiger partial charge in [0.05, 0.1) is 0 Å². The second kappa shape index (κ2) is 6.16. The fourth-order valence-electron chi connectivity index (χ4n) is 3.26. The zero-order valence-corrected chi connectivity index (χ0v) is 15.6. The second-order valence-electron chi connectivity index (χ2n) is 5.85. The van der Waals surface area contributed by atoms with Gasteiger partial charge in [-0.05, 0) is 0 Å². The first-order valence-electron chi connectivity index (χ1n) is 7.87. The van der Waals surface area contributed by atoms with E-state index < -0.39 is 30.1 Å². The summed E-state index contributed by atoms with van der Waals surface area (Å²) in [6, 6.07) is 10.4. The summed E-state index contributed by atoms with van der Waals surface area (Å²) in [5.41, 5.74) is 1.26. The number of unbranched alkanes of at least 4 members (excludes halogenated alkanes) is 2. The number of sulfonamides is 1. The van der Waals surface area contributed by atoms with Crippen molar-refractivity contribution < 1.29 is 8.42 Å². The molecule has 1 aromatic rings. The topological polar surface area (TPSA) is 37.1 Å². The Morgan fingerprint density at radius 1 is 1.19 bits per heavy atom. The Balaban J connectivity index is 1.86. The molecule has 5 heteroatoms. The molecule has 2 saturated heterocycles. The Kier molecular flexibility index (Phi) is 4.62. The summed E-state index contributed by atoms with van der Waals surface area (Å²) < 4.78 is 28.7. The molecule has 0 bridgehead atoms. The van der Waals surface area contributed by atoms with Crippen LogP contribution in [-0.4, -0.2) is 21.1 Å². The molecule has 2 atom stereocenters. The minimum absolute atomic E-state index is 0.0610. The van der Waals surface area contributed by atoms with Crippen LogP contribution in [0.2, 0.25) is 0 Å². The van der Waals surface area contributed by atoms with Gasteiger partial charge >= 0.3 is 136 Å². The number of alkyl halides is 2. The van der Waals surface area contributed by atoms with Crippen LogP contribution >= 0.6 is 20.1 Å². The van der Waals surface area contributed by atoms with Gasteiger partial charge in [-0.2, -0.15) is 0 Å². The molecule has 3 rings (SSSR count). The van der Waals surface area contributed by atoms with Crippen LogP contribution in [0.1, 0.15) is 51.0 Å². The SMILES string of the molecule is CCCCCS(=O)(=O)N1I2CCCCC12c1ccccc1. The van der Waals surface area contributed by atoms with Crippen molar-refractivity contribution in [3.8, 4) is 0 Å². The summed E-state index contributed by atoms with van der Waals surface area (Å²) in [4.78, 5) is 0. The first kappa shape index (κ1) is 15.7. The zero-order valence-electron chi connectivity index (χ0n) is 12.6. The number of halogens is 1. The van der Waals surface area contributed by atoms with Crippen LogP contribution < -0.4 is 0 Å². The molecule has 0 spiro atoms. The molecular weight excluding hydrogens is 397 g/mol. The van der Waals surface area contributed by atoms with Gasteiger partial charge in [-0.15, -0.1) is 0 Å². The first-order chi connectivity index (χ1) is 10.1. The quantitative estimate of drug-likeness (QED) is 0.172. The van der Waals surface area contributed by atoms with Crippen LogP contribution in [0, 0.1) is 0 Å². The van der Waals surface area contributed by atoms with Crippen molar-refractivity contribution in [2.24, 2.45) is 0 Å². The van der Waals surface area contributed by atoms with E-state index in [9.17, 15) is 8.42 Å². The van der Waals surface area contributed by atoms with Crippen LogP contribution in [-0.2, 0) is 13.6 Å². The molecule has 2 aliphatic heterocycles. The molecule has 1 aromatic carbocycles. The van der Waals surface area contributed by atoms with E-state index >= 15 is 0 Å². The average Bonchev–Trinajstić information content (AvgIpc) is 3.20. The van der Waals surface area contributed by atoms with E-state index in [-0.39, 0.29) is 3.55 Å². The Morgan fingerprint density at radius 3 is 2.67 bits per heavy atom. The van der Waals surface area contributed by atoms with E-state index in [4.69, 9.17) is 0 Å². The van der Waals surface area contributed by atoms with Gasteiger partial charge in [-0.25, -0.2) is 0 Å². The van der Waals surface area contributed by atoms with E-state index in [2.05, 4.69) is 19.1 Å². The summed E-state index contributed by atoms with van der Waals surface area (Å²) in [7, 11) is -3.05. The van der Waals surface area contributed by atoms with Crippen molar-refractivity contribution in [3.05, 3.63) is 35.9 Å². The molecule has 2 fully saturated rings. The van der Waals surface area contributed by atoms with Gasteiger partial charge in [-0.3, -0.25) is 0 Å². The summed E-state index contributed by atoms with van der Waals surface area (Å²) >= 11 is -1.53. The van der Waals surface area contributed by atoms with Crippen molar-refractivity contribution in [2.45, 2.75) is 49.0 Å². The zero-order chi connectivity index (χ0) is 14.9. The summed E-state index contributed by atoms with van der Waals surface area (Å²) in [5.74, 6) is 0.351. The standard InChI is InChI=1S/C16H24INO2S/c1-2-3-9-14-21(19,20)18-16(12-7-8-13-17(16)18)15-10-5-4-6-11-15/h4-6,10-11H,2-3,7-9,12-14H2,1H3. The molecular formula is C16H24INO2S. The number of hydrogen-bond acceptors (Lipinski definition) is 2. The van der Waals surface area contributed by atoms with Crippen LogP contribution in [0.15, 0.2) is 30.3 Å². The van der Waals surface area contributed by atoms with Gasteiger partial charge in [0.15, 0.2) is 0 Å². The van der Waals surface area contributed by atoms with Crippen LogP contribution in [0.4, 0.5) is 0 Å². The monoisotopic (exact) mass is 421 g/mol. The van der Waals surface area contributed by atoms with E-state index in [1.807, 2.05) is 20.7 Å². The minimum atomic E-state index is -3.05. The number of nitrogens with zero attached hydrogens (tertiary/aromatic N) is 1. The molecule has 0 aliphatic carbocycles. The van der Waals surface area contributed by atoms with Gasteiger partial charge < -0.3 is 0 Å². The second-order valence-corrected chi connectivity index (χ2v) is 14.2. The van der Waals surface area contributed by atoms with Crippen molar-refractivity contribution in [1.29, 1.82) is 0 Å². The first-order valence-corrected chi connectivity index (χ1v) is 13.1. The molecule has 3 nitrogen and oxygen atoms in total. The normalized spacial score (nSPS) is 30.0. The van der Waals surface area contributed by atoms with Gasteiger partial charge in [0.25, 0.3) is 0 Å². The van der Waals surface area contributed by atoms with Crippen LogP contribution in [0.3, 0.4) is 0 Å². The maximum absolute atomic E-state index is 12.8. The number of benzene rings is 1. The molecule has 2 unspecified atom stereocenters. The van der Waals surface area contributed by atoms with Crippen molar-refractivity contribution in [3.63, 3.8) is 0 Å². The molecule has 0 saturated carbocycles. The van der Waals surface area contributed by atoms with Gasteiger partial charge in [0.1, 0.15) is 0 Å². The molecule has 0 aromatic heterocycles. The van der Waals surface area contributed by atoms with Crippen molar-refractivity contribution >= 4 is 30.1 Å². The molecule has 0 amide bonds. The van der Waals surface area contributed by atoms with E-state index in [0.29, 0.717) is 5.75 Å². The third-order valence-electron chi connectivity index (χ3n) is 4.33. The van der Waals surface area contributed by atoms with E-state index in [1.54, 1.807) is 0 Å². The molecule has 118 valence electrons. The molecule has 0 N–H and O–H groups in total. The predicted octanol–water partition coefficient (Wildman–Crippen LogP) is 4.28. The Hall–Kier alpha value is -0.140. The number of fused-ring (bicyclic) bond motifs is 1. The van der Waals surface area contributed by atoms with E-state index in [0.717, 1.165) is 25.7 Å². The van der Waals surface area contributed by atoms with Crippen molar-refractivity contribution in [2.75, 3.05) is 10.2 Å². The van der Waals surface area contributed by atoms with Gasteiger partial charge in [0, 0.05) is 0 Å². The Morgan fingerprint density at radius 2 is 1.95 bits per heavy atom. The molecule has 0 radical (unpaired) electrons. The molecule has 2 heterocycles. The molecule has 21 heavy (non-hydrogen) atoms. The predicted molar refractivity (Wildman–Crippen MR) is 96.0 cm³/mol. The fourth-order valence-corrected chi connectivity index (χ4v) is 17.5. The third kappa shape index (κ3) is 2.77. The van der Waals surface area contributed by atoms with E-state index in [1.165, 1.54) is 22.8 Å². The summed E-state index contributed by atoms with van der Waals surface area (Å²) in [6.07, 6.45) is 6.34. The van der Waals surface area contributed by atoms with Crippen LogP contribution in [0.5, 0.6) is 0 Å². The van der Waals surface area contributed by atoms with Gasteiger partial charge in [-0.1, -0.05) is 0 Å². The Labute approximate surface area is 135 Å². The number of rotatable bonds is 6. The van der Waals surface area contributed by atoms with Crippen molar-refractivity contribution in [1.82, 2.24) is 2.52 Å². The number of hydrogen-bond donors (Lipinski definition) is 0. The summed E-state index contributed by atoms with van der Waals surface area (Å²) in [5, 5.41) is 0. The molecule has 2 aliphatic rings. The van der Waals surface area contributed by atoms with Crippen LogP contribution in [0.25, 0.3) is 0 Å². The average molecular weight is 421 g/mol. The summed E-state index contributed by atoms with van der Waals surface area (Å²) in [6.45, 7) is 2.12. The Bertz CT molecular complexity index is 590. The van der Waals surface area contributed by atoms with Gasteiger partial charge in [0.2, 0.25) is 0 Å². The maximum atomic E-state index is 12.8. The third-order valence-corrected chi connectivity index (χ3v) is 16.1.